The number of thioether (sulfide) groups is 1. The average molecular weight is 243 g/mol. The topological polar surface area (TPSA) is 46.2 Å². The lowest BCUT2D eigenvalue weighted by atomic mass is 9.87. The highest BCUT2D eigenvalue weighted by molar-refractivity contribution is 7.99. The molecule has 16 heavy (non-hydrogen) atoms. The zero-order chi connectivity index (χ0) is 11.4. The molecule has 3 N–H and O–H groups in total. The third-order valence-electron chi connectivity index (χ3n) is 4.42. The first-order chi connectivity index (χ1) is 7.74. The maximum Gasteiger partial charge on any atom is 0.0613 e. The first-order valence-corrected chi connectivity index (χ1v) is 7.81. The van der Waals surface area contributed by atoms with Gasteiger partial charge in [-0.15, -0.1) is 0 Å². The summed E-state index contributed by atoms with van der Waals surface area (Å²) in [6.45, 7) is 0.172. The van der Waals surface area contributed by atoms with E-state index < -0.39 is 0 Å². The summed E-state index contributed by atoms with van der Waals surface area (Å²) < 4.78 is 0. The third kappa shape index (κ3) is 2.93. The minimum Gasteiger partial charge on any atom is -0.394 e. The van der Waals surface area contributed by atoms with E-state index in [1.54, 1.807) is 0 Å². The van der Waals surface area contributed by atoms with E-state index in [1.165, 1.54) is 50.7 Å². The number of aliphatic hydroxyl groups is 1. The molecule has 0 amide bonds. The predicted octanol–water partition coefficient (Wildman–Crippen LogP) is 2.54. The van der Waals surface area contributed by atoms with Gasteiger partial charge >= 0.3 is 0 Å². The van der Waals surface area contributed by atoms with Gasteiger partial charge in [-0.25, -0.2) is 0 Å². The molecule has 2 nitrogen and oxygen atoms in total. The van der Waals surface area contributed by atoms with Crippen LogP contribution in [0, 0.1) is 5.92 Å². The second-order valence-electron chi connectivity index (χ2n) is 5.55. The first kappa shape index (κ1) is 12.7. The SMILES string of the molecule is NC1(CO)CCCC1CCSC1CCCC1. The van der Waals surface area contributed by atoms with Crippen LogP contribution in [0.25, 0.3) is 0 Å². The Morgan fingerprint density at radius 1 is 1.19 bits per heavy atom. The molecule has 0 spiro atoms. The number of hydrogen-bond acceptors (Lipinski definition) is 3. The van der Waals surface area contributed by atoms with Crippen molar-refractivity contribution in [2.75, 3.05) is 12.4 Å². The van der Waals surface area contributed by atoms with Gasteiger partial charge in [0.2, 0.25) is 0 Å². The number of aliphatic hydroxyl groups excluding tert-OH is 1. The van der Waals surface area contributed by atoms with E-state index in [2.05, 4.69) is 11.8 Å². The Kier molecular flexibility index (Phi) is 4.57. The van der Waals surface area contributed by atoms with Crippen molar-refractivity contribution in [1.29, 1.82) is 0 Å². The molecule has 0 aromatic heterocycles. The van der Waals surface area contributed by atoms with Crippen LogP contribution in [-0.4, -0.2) is 28.3 Å². The largest absolute Gasteiger partial charge is 0.394 e. The zero-order valence-electron chi connectivity index (χ0n) is 10.2. The summed E-state index contributed by atoms with van der Waals surface area (Å²) in [5, 5.41) is 10.3. The van der Waals surface area contributed by atoms with E-state index in [1.807, 2.05) is 0 Å². The minimum atomic E-state index is -0.254. The molecule has 0 aliphatic heterocycles. The van der Waals surface area contributed by atoms with E-state index >= 15 is 0 Å². The summed E-state index contributed by atoms with van der Waals surface area (Å²) in [5.41, 5.74) is 5.98. The predicted molar refractivity (Wildman–Crippen MR) is 70.7 cm³/mol. The maximum absolute atomic E-state index is 9.37. The van der Waals surface area contributed by atoms with Crippen molar-refractivity contribution in [1.82, 2.24) is 0 Å². The van der Waals surface area contributed by atoms with Crippen molar-refractivity contribution in [3.05, 3.63) is 0 Å². The van der Waals surface area contributed by atoms with Crippen LogP contribution >= 0.6 is 11.8 Å². The smallest absolute Gasteiger partial charge is 0.0613 e. The van der Waals surface area contributed by atoms with E-state index in [-0.39, 0.29) is 12.1 Å². The molecule has 0 aromatic rings. The van der Waals surface area contributed by atoms with Gasteiger partial charge in [0.15, 0.2) is 0 Å². The summed E-state index contributed by atoms with van der Waals surface area (Å²) >= 11 is 2.14. The summed E-state index contributed by atoms with van der Waals surface area (Å²) in [6, 6.07) is 0. The number of hydrogen-bond donors (Lipinski definition) is 2. The summed E-state index contributed by atoms with van der Waals surface area (Å²) in [6.07, 6.45) is 10.3. The van der Waals surface area contributed by atoms with Crippen molar-refractivity contribution in [2.45, 2.75) is 62.2 Å². The number of nitrogens with two attached hydrogens (primary N) is 1. The van der Waals surface area contributed by atoms with Crippen molar-refractivity contribution in [2.24, 2.45) is 11.7 Å². The van der Waals surface area contributed by atoms with Gasteiger partial charge in [-0.2, -0.15) is 11.8 Å². The summed E-state index contributed by atoms with van der Waals surface area (Å²) in [4.78, 5) is 0. The standard InChI is InChI=1S/C13H25NOS/c14-13(10-15)8-3-4-11(13)7-9-16-12-5-1-2-6-12/h11-12,15H,1-10,14H2. The lowest BCUT2D eigenvalue weighted by Gasteiger charge is -2.29. The van der Waals surface area contributed by atoms with Gasteiger partial charge in [-0.3, -0.25) is 0 Å². The Labute approximate surface area is 103 Å². The second kappa shape index (κ2) is 5.74. The average Bonchev–Trinajstić information content (AvgIpc) is 2.90. The Hall–Kier alpha value is 0.270. The molecule has 2 aliphatic carbocycles. The van der Waals surface area contributed by atoms with Gasteiger partial charge in [-0.1, -0.05) is 19.3 Å². The molecule has 2 atom stereocenters. The van der Waals surface area contributed by atoms with E-state index in [9.17, 15) is 5.11 Å². The molecule has 94 valence electrons. The van der Waals surface area contributed by atoms with Crippen LogP contribution in [0.2, 0.25) is 0 Å². The minimum absolute atomic E-state index is 0.172. The van der Waals surface area contributed by atoms with E-state index in [4.69, 9.17) is 5.73 Å². The van der Waals surface area contributed by atoms with Gasteiger partial charge < -0.3 is 10.8 Å². The fourth-order valence-corrected chi connectivity index (χ4v) is 4.66. The normalized spacial score (nSPS) is 36.0. The third-order valence-corrected chi connectivity index (χ3v) is 5.84. The van der Waals surface area contributed by atoms with Crippen LogP contribution in [0.3, 0.4) is 0 Å². The van der Waals surface area contributed by atoms with Crippen molar-refractivity contribution in [3.63, 3.8) is 0 Å². The summed E-state index contributed by atoms with van der Waals surface area (Å²) in [5.74, 6) is 1.81. The molecule has 2 saturated carbocycles. The van der Waals surface area contributed by atoms with Gasteiger partial charge in [0.25, 0.3) is 0 Å². The molecule has 0 saturated heterocycles. The lowest BCUT2D eigenvalue weighted by Crippen LogP contribution is -2.47. The quantitative estimate of drug-likeness (QED) is 0.780. The van der Waals surface area contributed by atoms with Crippen LogP contribution in [0.1, 0.15) is 51.4 Å². The van der Waals surface area contributed by atoms with Gasteiger partial charge in [0.1, 0.15) is 0 Å². The first-order valence-electron chi connectivity index (χ1n) is 6.76. The molecular formula is C13H25NOS. The molecule has 0 bridgehead atoms. The van der Waals surface area contributed by atoms with Gasteiger partial charge in [0, 0.05) is 10.8 Å². The van der Waals surface area contributed by atoms with Crippen LogP contribution in [0.4, 0.5) is 0 Å². The molecule has 0 heterocycles. The van der Waals surface area contributed by atoms with Gasteiger partial charge in [-0.05, 0) is 43.8 Å². The van der Waals surface area contributed by atoms with Crippen molar-refractivity contribution in [3.8, 4) is 0 Å². The van der Waals surface area contributed by atoms with Gasteiger partial charge in [0.05, 0.1) is 6.61 Å². The summed E-state index contributed by atoms with van der Waals surface area (Å²) in [7, 11) is 0. The molecule has 2 fully saturated rings. The van der Waals surface area contributed by atoms with Crippen LogP contribution in [0.15, 0.2) is 0 Å². The number of rotatable bonds is 5. The zero-order valence-corrected chi connectivity index (χ0v) is 11.0. The van der Waals surface area contributed by atoms with Crippen molar-refractivity contribution >= 4 is 11.8 Å². The highest BCUT2D eigenvalue weighted by atomic mass is 32.2. The molecular weight excluding hydrogens is 218 g/mol. The Morgan fingerprint density at radius 3 is 2.62 bits per heavy atom. The van der Waals surface area contributed by atoms with Crippen LogP contribution in [-0.2, 0) is 0 Å². The highest BCUT2D eigenvalue weighted by Crippen LogP contribution is 2.38. The van der Waals surface area contributed by atoms with Crippen LogP contribution < -0.4 is 5.73 Å². The molecule has 2 aliphatic rings. The fourth-order valence-electron chi connectivity index (χ4n) is 3.24. The molecule has 0 aromatic carbocycles. The molecule has 2 unspecified atom stereocenters. The van der Waals surface area contributed by atoms with Crippen molar-refractivity contribution < 1.29 is 5.11 Å². The Morgan fingerprint density at radius 2 is 1.94 bits per heavy atom. The molecule has 2 rings (SSSR count). The highest BCUT2D eigenvalue weighted by Gasteiger charge is 2.38. The van der Waals surface area contributed by atoms with E-state index in [0.717, 1.165) is 11.7 Å². The van der Waals surface area contributed by atoms with Crippen LogP contribution in [0.5, 0.6) is 0 Å². The lowest BCUT2D eigenvalue weighted by molar-refractivity contribution is 0.158. The Bertz CT molecular complexity index is 218. The fraction of sp³-hybridized carbons (Fsp3) is 1.00. The van der Waals surface area contributed by atoms with E-state index in [0.29, 0.717) is 5.92 Å². The maximum atomic E-state index is 9.37. The monoisotopic (exact) mass is 243 g/mol. The Balaban J connectivity index is 1.68. The second-order valence-corrected chi connectivity index (χ2v) is 6.95. The molecule has 3 heteroatoms. The molecule has 0 radical (unpaired) electrons.